The van der Waals surface area contributed by atoms with Gasteiger partial charge in [0.2, 0.25) is 11.8 Å². The van der Waals surface area contributed by atoms with Crippen LogP contribution < -0.4 is 10.2 Å². The molecule has 0 aromatic heterocycles. The number of ether oxygens (including phenoxy) is 1. The highest BCUT2D eigenvalue weighted by molar-refractivity contribution is 6.34. The molecule has 0 aliphatic carbocycles. The summed E-state index contributed by atoms with van der Waals surface area (Å²) in [6.07, 6.45) is 0.766. The molecule has 1 aliphatic rings. The van der Waals surface area contributed by atoms with Gasteiger partial charge < -0.3 is 15.0 Å². The predicted molar refractivity (Wildman–Crippen MR) is 117 cm³/mol. The molecule has 1 aliphatic heterocycles. The molecule has 1 heterocycles. The molecule has 0 saturated heterocycles. The molecule has 1 unspecified atom stereocenters. The van der Waals surface area contributed by atoms with Crippen LogP contribution in [0.1, 0.15) is 36.7 Å². The monoisotopic (exact) mass is 428 g/mol. The van der Waals surface area contributed by atoms with Gasteiger partial charge in [0.15, 0.2) is 0 Å². The molecule has 0 spiro atoms. The number of hydrogen-bond donors (Lipinski definition) is 1. The van der Waals surface area contributed by atoms with Gasteiger partial charge in [-0.1, -0.05) is 43.6 Å². The summed E-state index contributed by atoms with van der Waals surface area (Å²) in [7, 11) is 0. The van der Waals surface area contributed by atoms with Gasteiger partial charge in [0.25, 0.3) is 0 Å². The molecule has 1 atom stereocenters. The number of hydrogen-bond acceptors (Lipinski definition) is 4. The van der Waals surface area contributed by atoms with E-state index in [1.54, 1.807) is 11.8 Å². The summed E-state index contributed by atoms with van der Waals surface area (Å²) in [6, 6.07) is 12.2. The van der Waals surface area contributed by atoms with Crippen LogP contribution in [0.3, 0.4) is 0 Å². The predicted octanol–water partition coefficient (Wildman–Crippen LogP) is 4.32. The van der Waals surface area contributed by atoms with Crippen LogP contribution >= 0.6 is 11.6 Å². The maximum atomic E-state index is 12.9. The van der Waals surface area contributed by atoms with Crippen LogP contribution in [0.2, 0.25) is 5.02 Å². The quantitative estimate of drug-likeness (QED) is 0.549. The van der Waals surface area contributed by atoms with E-state index in [2.05, 4.69) is 5.32 Å². The summed E-state index contributed by atoms with van der Waals surface area (Å²) < 4.78 is 5.22. The molecule has 158 valence electrons. The van der Waals surface area contributed by atoms with Crippen LogP contribution in [-0.2, 0) is 20.7 Å². The van der Waals surface area contributed by atoms with Gasteiger partial charge in [0, 0.05) is 12.2 Å². The van der Waals surface area contributed by atoms with E-state index < -0.39 is 17.8 Å². The second kappa shape index (κ2) is 9.30. The normalized spacial score (nSPS) is 13.7. The van der Waals surface area contributed by atoms with Crippen LogP contribution in [0.5, 0.6) is 0 Å². The Balaban J connectivity index is 1.70. The third kappa shape index (κ3) is 4.82. The molecule has 2 aromatic carbocycles. The highest BCUT2D eigenvalue weighted by Crippen LogP contribution is 2.29. The summed E-state index contributed by atoms with van der Waals surface area (Å²) >= 11 is 6.19. The number of nitrogens with one attached hydrogen (secondary N) is 1. The zero-order valence-corrected chi connectivity index (χ0v) is 18.0. The number of anilines is 2. The first-order chi connectivity index (χ1) is 14.3. The van der Waals surface area contributed by atoms with Gasteiger partial charge >= 0.3 is 5.97 Å². The van der Waals surface area contributed by atoms with Gasteiger partial charge in [-0.25, -0.2) is 4.79 Å². The molecule has 0 fully saturated rings. The van der Waals surface area contributed by atoms with E-state index in [1.807, 2.05) is 38.1 Å². The SMILES string of the molecule is CC(C)COC(=O)c1ccc(Cl)c(NC(=O)C(C)C(=O)N2CCc3ccccc32)c1. The van der Waals surface area contributed by atoms with Crippen molar-refractivity contribution < 1.29 is 19.1 Å². The van der Waals surface area contributed by atoms with Crippen molar-refractivity contribution in [2.45, 2.75) is 27.2 Å². The molecule has 6 nitrogen and oxygen atoms in total. The van der Waals surface area contributed by atoms with Gasteiger partial charge in [0.1, 0.15) is 5.92 Å². The van der Waals surface area contributed by atoms with Crippen LogP contribution in [-0.4, -0.2) is 30.9 Å². The van der Waals surface area contributed by atoms with E-state index in [0.29, 0.717) is 13.2 Å². The fourth-order valence-electron chi connectivity index (χ4n) is 3.23. The van der Waals surface area contributed by atoms with Crippen LogP contribution in [0, 0.1) is 11.8 Å². The largest absolute Gasteiger partial charge is 0.462 e. The standard InChI is InChI=1S/C23H25ClN2O4/c1-14(2)13-30-23(29)17-8-9-18(24)19(12-17)25-21(27)15(3)22(28)26-11-10-16-6-4-5-7-20(16)26/h4-9,12,14-15H,10-11,13H2,1-3H3,(H,25,27). The van der Waals surface area contributed by atoms with Gasteiger partial charge in [-0.3, -0.25) is 9.59 Å². The minimum Gasteiger partial charge on any atom is -0.462 e. The minimum absolute atomic E-state index is 0.211. The number of nitrogens with zero attached hydrogens (tertiary/aromatic N) is 1. The molecule has 2 aromatic rings. The third-order valence-electron chi connectivity index (χ3n) is 4.92. The fourth-order valence-corrected chi connectivity index (χ4v) is 3.39. The average Bonchev–Trinajstić information content (AvgIpc) is 3.16. The molecule has 0 bridgehead atoms. The number of benzene rings is 2. The van der Waals surface area contributed by atoms with Crippen LogP contribution in [0.25, 0.3) is 0 Å². The number of halogens is 1. The number of para-hydroxylation sites is 1. The molecular weight excluding hydrogens is 404 g/mol. The minimum atomic E-state index is -0.913. The van der Waals surface area contributed by atoms with Gasteiger partial charge in [-0.05, 0) is 49.1 Å². The van der Waals surface area contributed by atoms with Crippen LogP contribution in [0.4, 0.5) is 11.4 Å². The first kappa shape index (κ1) is 21.8. The van der Waals surface area contributed by atoms with Crippen molar-refractivity contribution in [3.05, 3.63) is 58.6 Å². The Labute approximate surface area is 181 Å². The summed E-state index contributed by atoms with van der Waals surface area (Å²) in [5, 5.41) is 2.95. The Morgan fingerprint density at radius 1 is 1.13 bits per heavy atom. The van der Waals surface area contributed by atoms with E-state index in [0.717, 1.165) is 17.7 Å². The van der Waals surface area contributed by atoms with E-state index in [9.17, 15) is 14.4 Å². The lowest BCUT2D eigenvalue weighted by molar-refractivity contribution is -0.130. The lowest BCUT2D eigenvalue weighted by atomic mass is 10.1. The van der Waals surface area contributed by atoms with Crippen molar-refractivity contribution in [3.63, 3.8) is 0 Å². The van der Waals surface area contributed by atoms with Gasteiger partial charge in [0.05, 0.1) is 22.9 Å². The smallest absolute Gasteiger partial charge is 0.338 e. The first-order valence-corrected chi connectivity index (χ1v) is 10.3. The number of amides is 2. The zero-order chi connectivity index (χ0) is 21.8. The molecule has 1 N–H and O–H groups in total. The second-order valence-corrected chi connectivity index (χ2v) is 8.17. The number of esters is 1. The van der Waals surface area contributed by atoms with E-state index in [-0.39, 0.29) is 28.1 Å². The Morgan fingerprint density at radius 2 is 1.87 bits per heavy atom. The Kier molecular flexibility index (Phi) is 6.77. The molecule has 3 rings (SSSR count). The zero-order valence-electron chi connectivity index (χ0n) is 17.3. The van der Waals surface area contributed by atoms with E-state index in [1.165, 1.54) is 18.2 Å². The number of carbonyl (C=O) groups is 3. The van der Waals surface area contributed by atoms with Crippen molar-refractivity contribution in [2.75, 3.05) is 23.4 Å². The number of fused-ring (bicyclic) bond motifs is 1. The molecule has 0 saturated carbocycles. The van der Waals surface area contributed by atoms with Crippen molar-refractivity contribution in [1.29, 1.82) is 0 Å². The summed E-state index contributed by atoms with van der Waals surface area (Å²) in [4.78, 5) is 39.5. The molecule has 2 amide bonds. The highest BCUT2D eigenvalue weighted by Gasteiger charge is 2.31. The lowest BCUT2D eigenvalue weighted by Gasteiger charge is -2.21. The molecular formula is C23H25ClN2O4. The average molecular weight is 429 g/mol. The van der Waals surface area contributed by atoms with Crippen molar-refractivity contribution in [2.24, 2.45) is 11.8 Å². The second-order valence-electron chi connectivity index (χ2n) is 7.77. The number of rotatable bonds is 6. The summed E-state index contributed by atoms with van der Waals surface area (Å²) in [6.45, 7) is 6.29. The third-order valence-corrected chi connectivity index (χ3v) is 5.25. The van der Waals surface area contributed by atoms with Crippen molar-refractivity contribution >= 4 is 40.8 Å². The Bertz CT molecular complexity index is 973. The highest BCUT2D eigenvalue weighted by atomic mass is 35.5. The lowest BCUT2D eigenvalue weighted by Crippen LogP contribution is -2.39. The van der Waals surface area contributed by atoms with Crippen molar-refractivity contribution in [3.8, 4) is 0 Å². The fraction of sp³-hybridized carbons (Fsp3) is 0.348. The van der Waals surface area contributed by atoms with Crippen molar-refractivity contribution in [1.82, 2.24) is 0 Å². The van der Waals surface area contributed by atoms with Crippen LogP contribution in [0.15, 0.2) is 42.5 Å². The molecule has 30 heavy (non-hydrogen) atoms. The summed E-state index contributed by atoms with van der Waals surface area (Å²) in [5.41, 5.74) is 2.48. The van der Waals surface area contributed by atoms with E-state index in [4.69, 9.17) is 16.3 Å². The molecule has 7 heteroatoms. The van der Waals surface area contributed by atoms with Gasteiger partial charge in [-0.15, -0.1) is 0 Å². The Hall–Kier alpha value is -2.86. The number of carbonyl (C=O) groups excluding carboxylic acids is 3. The topological polar surface area (TPSA) is 75.7 Å². The maximum Gasteiger partial charge on any atom is 0.338 e. The molecule has 0 radical (unpaired) electrons. The summed E-state index contributed by atoms with van der Waals surface area (Å²) in [5.74, 6) is -1.96. The maximum absolute atomic E-state index is 12.9. The first-order valence-electron chi connectivity index (χ1n) is 9.94. The Morgan fingerprint density at radius 3 is 2.60 bits per heavy atom. The van der Waals surface area contributed by atoms with Gasteiger partial charge in [-0.2, -0.15) is 0 Å². The van der Waals surface area contributed by atoms with E-state index >= 15 is 0 Å².